The van der Waals surface area contributed by atoms with Crippen molar-refractivity contribution in [2.75, 3.05) is 30.0 Å². The molecule has 0 aliphatic carbocycles. The van der Waals surface area contributed by atoms with Crippen molar-refractivity contribution in [2.24, 2.45) is 0 Å². The van der Waals surface area contributed by atoms with E-state index >= 15 is 0 Å². The van der Waals surface area contributed by atoms with Crippen molar-refractivity contribution in [3.05, 3.63) is 23.8 Å². The van der Waals surface area contributed by atoms with E-state index in [0.29, 0.717) is 16.7 Å². The van der Waals surface area contributed by atoms with Crippen molar-refractivity contribution in [2.45, 2.75) is 25.0 Å². The fourth-order valence-electron chi connectivity index (χ4n) is 2.00. The van der Waals surface area contributed by atoms with Gasteiger partial charge in [-0.05, 0) is 37.5 Å². The molecule has 0 atom stereocenters. The molecule has 104 valence electrons. The zero-order chi connectivity index (χ0) is 13.7. The van der Waals surface area contributed by atoms with Crippen LogP contribution in [0, 0.1) is 6.92 Å². The summed E-state index contributed by atoms with van der Waals surface area (Å²) in [7, 11) is 0. The number of nitrogens with two attached hydrogens (primary N) is 1. The first-order valence-electron chi connectivity index (χ1n) is 6.50. The molecule has 0 bridgehead atoms. The number of benzene rings is 1. The maximum Gasteiger partial charge on any atom is 0.234 e. The largest absolute Gasteiger partial charge is 0.399 e. The number of nitrogen functional groups attached to an aromatic ring is 1. The summed E-state index contributed by atoms with van der Waals surface area (Å²) < 4.78 is 5.30. The van der Waals surface area contributed by atoms with Gasteiger partial charge in [0, 0.05) is 29.8 Å². The molecule has 1 aliphatic heterocycles. The fourth-order valence-corrected chi connectivity index (χ4v) is 2.98. The van der Waals surface area contributed by atoms with Gasteiger partial charge in [-0.25, -0.2) is 0 Å². The maximum atomic E-state index is 11.9. The van der Waals surface area contributed by atoms with Crippen LogP contribution in [0.3, 0.4) is 0 Å². The minimum absolute atomic E-state index is 0.0326. The summed E-state index contributed by atoms with van der Waals surface area (Å²) in [6, 6.07) is 5.55. The summed E-state index contributed by atoms with van der Waals surface area (Å²) in [5, 5.41) is 3.46. The maximum absolute atomic E-state index is 11.9. The van der Waals surface area contributed by atoms with Gasteiger partial charge in [-0.3, -0.25) is 4.79 Å². The van der Waals surface area contributed by atoms with Crippen LogP contribution in [0.4, 0.5) is 11.4 Å². The molecule has 1 aromatic rings. The Kier molecular flexibility index (Phi) is 5.10. The second-order valence-corrected chi connectivity index (χ2v) is 6.03. The van der Waals surface area contributed by atoms with Crippen molar-refractivity contribution in [1.29, 1.82) is 0 Å². The van der Waals surface area contributed by atoms with Crippen LogP contribution in [0.1, 0.15) is 18.4 Å². The van der Waals surface area contributed by atoms with Crippen molar-refractivity contribution in [3.63, 3.8) is 0 Å². The Morgan fingerprint density at radius 1 is 1.47 bits per heavy atom. The van der Waals surface area contributed by atoms with Crippen LogP contribution in [0.2, 0.25) is 0 Å². The number of nitrogens with one attached hydrogen (secondary N) is 1. The number of hydrogen-bond donors (Lipinski definition) is 2. The average molecular weight is 280 g/mol. The summed E-state index contributed by atoms with van der Waals surface area (Å²) in [5.74, 6) is 0.518. The van der Waals surface area contributed by atoms with E-state index in [1.54, 1.807) is 17.8 Å². The van der Waals surface area contributed by atoms with Crippen LogP contribution in [-0.2, 0) is 9.53 Å². The van der Waals surface area contributed by atoms with Gasteiger partial charge in [-0.1, -0.05) is 6.07 Å². The van der Waals surface area contributed by atoms with E-state index in [1.807, 2.05) is 19.1 Å². The molecule has 0 aromatic heterocycles. The van der Waals surface area contributed by atoms with E-state index in [1.165, 1.54) is 0 Å². The molecular formula is C14H20N2O2S. The van der Waals surface area contributed by atoms with E-state index in [-0.39, 0.29) is 5.91 Å². The number of hydrogen-bond acceptors (Lipinski definition) is 4. The number of thioether (sulfide) groups is 1. The monoisotopic (exact) mass is 280 g/mol. The molecule has 0 spiro atoms. The first kappa shape index (κ1) is 14.2. The highest BCUT2D eigenvalue weighted by molar-refractivity contribution is 8.00. The summed E-state index contributed by atoms with van der Waals surface area (Å²) in [4.78, 5) is 11.9. The van der Waals surface area contributed by atoms with Crippen molar-refractivity contribution in [1.82, 2.24) is 0 Å². The molecule has 1 fully saturated rings. The predicted molar refractivity (Wildman–Crippen MR) is 80.5 cm³/mol. The lowest BCUT2D eigenvalue weighted by atomic mass is 10.2. The molecule has 4 nitrogen and oxygen atoms in total. The van der Waals surface area contributed by atoms with Crippen LogP contribution in [0.15, 0.2) is 18.2 Å². The topological polar surface area (TPSA) is 64.3 Å². The van der Waals surface area contributed by atoms with Crippen LogP contribution in [-0.4, -0.2) is 30.1 Å². The van der Waals surface area contributed by atoms with E-state index in [9.17, 15) is 4.79 Å². The highest BCUT2D eigenvalue weighted by Crippen LogP contribution is 2.23. The van der Waals surface area contributed by atoms with Gasteiger partial charge in [0.2, 0.25) is 5.91 Å². The minimum Gasteiger partial charge on any atom is -0.399 e. The zero-order valence-corrected chi connectivity index (χ0v) is 12.0. The number of ether oxygens (including phenoxy) is 1. The van der Waals surface area contributed by atoms with Crippen molar-refractivity contribution in [3.8, 4) is 0 Å². The number of carbonyl (C=O) groups is 1. The first-order valence-corrected chi connectivity index (χ1v) is 7.55. The molecule has 0 radical (unpaired) electrons. The SMILES string of the molecule is Cc1ccc(N)cc1NC(=O)CSC1CCOCC1. The molecule has 1 saturated heterocycles. The molecule has 1 amide bonds. The number of rotatable bonds is 4. The lowest BCUT2D eigenvalue weighted by molar-refractivity contribution is -0.113. The van der Waals surface area contributed by atoms with E-state index in [2.05, 4.69) is 5.32 Å². The van der Waals surface area contributed by atoms with E-state index < -0.39 is 0 Å². The first-order chi connectivity index (χ1) is 9.15. The average Bonchev–Trinajstić information content (AvgIpc) is 2.42. The van der Waals surface area contributed by atoms with Gasteiger partial charge < -0.3 is 15.8 Å². The fraction of sp³-hybridized carbons (Fsp3) is 0.500. The zero-order valence-electron chi connectivity index (χ0n) is 11.1. The Morgan fingerprint density at radius 2 is 2.21 bits per heavy atom. The second-order valence-electron chi connectivity index (χ2n) is 4.75. The van der Waals surface area contributed by atoms with Gasteiger partial charge in [0.05, 0.1) is 5.75 Å². The van der Waals surface area contributed by atoms with Gasteiger partial charge in [0.15, 0.2) is 0 Å². The van der Waals surface area contributed by atoms with Crippen LogP contribution < -0.4 is 11.1 Å². The standard InChI is InChI=1S/C14H20N2O2S/c1-10-2-3-11(15)8-13(10)16-14(17)9-19-12-4-6-18-7-5-12/h2-3,8,12H,4-7,9,15H2,1H3,(H,16,17). The van der Waals surface area contributed by atoms with Crippen LogP contribution in [0.5, 0.6) is 0 Å². The molecule has 3 N–H and O–H groups in total. The summed E-state index contributed by atoms with van der Waals surface area (Å²) >= 11 is 1.71. The highest BCUT2D eigenvalue weighted by Gasteiger charge is 2.15. The van der Waals surface area contributed by atoms with Crippen molar-refractivity contribution < 1.29 is 9.53 Å². The highest BCUT2D eigenvalue weighted by atomic mass is 32.2. The molecule has 1 heterocycles. The quantitative estimate of drug-likeness (QED) is 0.831. The van der Waals surface area contributed by atoms with Crippen LogP contribution in [0.25, 0.3) is 0 Å². The molecule has 5 heteroatoms. The third-order valence-corrected chi connectivity index (χ3v) is 4.53. The Hall–Kier alpha value is -1.20. The Labute approximate surface area is 118 Å². The molecule has 1 aliphatic rings. The predicted octanol–water partition coefficient (Wildman–Crippen LogP) is 2.43. The Bertz CT molecular complexity index is 445. The smallest absolute Gasteiger partial charge is 0.234 e. The molecule has 0 saturated carbocycles. The summed E-state index contributed by atoms with van der Waals surface area (Å²) in [6.45, 7) is 3.59. The summed E-state index contributed by atoms with van der Waals surface area (Å²) in [6.07, 6.45) is 2.07. The number of aryl methyl sites for hydroxylation is 1. The number of anilines is 2. The molecular weight excluding hydrogens is 260 g/mol. The van der Waals surface area contributed by atoms with Crippen molar-refractivity contribution >= 4 is 29.0 Å². The lowest BCUT2D eigenvalue weighted by Crippen LogP contribution is -2.21. The van der Waals surface area contributed by atoms with E-state index in [0.717, 1.165) is 37.3 Å². The van der Waals surface area contributed by atoms with Gasteiger partial charge in [-0.2, -0.15) is 0 Å². The molecule has 1 aromatic carbocycles. The number of carbonyl (C=O) groups excluding carboxylic acids is 1. The van der Waals surface area contributed by atoms with Crippen LogP contribution >= 0.6 is 11.8 Å². The summed E-state index contributed by atoms with van der Waals surface area (Å²) in [5.41, 5.74) is 8.22. The minimum atomic E-state index is 0.0326. The number of amides is 1. The van der Waals surface area contributed by atoms with Gasteiger partial charge in [0.25, 0.3) is 0 Å². The second kappa shape index (κ2) is 6.82. The molecule has 19 heavy (non-hydrogen) atoms. The third kappa shape index (κ3) is 4.44. The van der Waals surface area contributed by atoms with E-state index in [4.69, 9.17) is 10.5 Å². The molecule has 0 unspecified atom stereocenters. The lowest BCUT2D eigenvalue weighted by Gasteiger charge is -2.21. The molecule has 2 rings (SSSR count). The van der Waals surface area contributed by atoms with Gasteiger partial charge >= 0.3 is 0 Å². The third-order valence-electron chi connectivity index (χ3n) is 3.15. The Balaban J connectivity index is 1.81. The van der Waals surface area contributed by atoms with Gasteiger partial charge in [0.1, 0.15) is 0 Å². The van der Waals surface area contributed by atoms with Gasteiger partial charge in [-0.15, -0.1) is 11.8 Å². The Morgan fingerprint density at radius 3 is 2.95 bits per heavy atom. The normalized spacial score (nSPS) is 16.3.